The fraction of sp³-hybridized carbons (Fsp3) is 0.300. The van der Waals surface area contributed by atoms with Crippen molar-refractivity contribution >= 4 is 17.7 Å². The molecule has 0 saturated heterocycles. The van der Waals surface area contributed by atoms with Crippen molar-refractivity contribution in [2.75, 3.05) is 12.0 Å². The smallest absolute Gasteiger partial charge is 0.415 e. The summed E-state index contributed by atoms with van der Waals surface area (Å²) in [5.74, 6) is -0.236. The molecule has 1 heterocycles. The Kier molecular flexibility index (Phi) is 4.25. The van der Waals surface area contributed by atoms with Crippen molar-refractivity contribution < 1.29 is 14.3 Å². The van der Waals surface area contributed by atoms with Gasteiger partial charge in [0.15, 0.2) is 0 Å². The number of nitrogens with one attached hydrogen (secondary N) is 1. The molecule has 1 atom stereocenters. The monoisotopic (exact) mass is 338 g/mol. The SMILES string of the molecule is COC(=O)N1c2ccccc2-c2ccccc2C1C(=O)NC(C)(C)C. The molecule has 0 aliphatic carbocycles. The topological polar surface area (TPSA) is 58.6 Å². The summed E-state index contributed by atoms with van der Waals surface area (Å²) < 4.78 is 4.98. The summed E-state index contributed by atoms with van der Waals surface area (Å²) in [6, 6.07) is 14.4. The Hall–Kier alpha value is -2.82. The van der Waals surface area contributed by atoms with E-state index in [-0.39, 0.29) is 5.91 Å². The summed E-state index contributed by atoms with van der Waals surface area (Å²) in [5, 5.41) is 2.98. The van der Waals surface area contributed by atoms with Crippen LogP contribution in [0.15, 0.2) is 48.5 Å². The number of anilines is 1. The molecule has 1 N–H and O–H groups in total. The van der Waals surface area contributed by atoms with E-state index in [1.807, 2.05) is 69.3 Å². The summed E-state index contributed by atoms with van der Waals surface area (Å²) >= 11 is 0. The van der Waals surface area contributed by atoms with Crippen molar-refractivity contribution in [2.45, 2.75) is 32.4 Å². The third-order valence-electron chi connectivity index (χ3n) is 4.09. The van der Waals surface area contributed by atoms with Crippen LogP contribution < -0.4 is 10.2 Å². The average Bonchev–Trinajstić information content (AvgIpc) is 2.58. The maximum Gasteiger partial charge on any atom is 0.415 e. The van der Waals surface area contributed by atoms with Gasteiger partial charge in [-0.05, 0) is 38.0 Å². The lowest BCUT2D eigenvalue weighted by molar-refractivity contribution is -0.124. The van der Waals surface area contributed by atoms with Crippen LogP contribution in [-0.2, 0) is 9.53 Å². The number of hydrogen-bond donors (Lipinski definition) is 1. The van der Waals surface area contributed by atoms with E-state index in [4.69, 9.17) is 4.74 Å². The average molecular weight is 338 g/mol. The third kappa shape index (κ3) is 3.09. The van der Waals surface area contributed by atoms with E-state index < -0.39 is 17.7 Å². The van der Waals surface area contributed by atoms with Crippen LogP contribution in [-0.4, -0.2) is 24.6 Å². The number of rotatable bonds is 1. The fourth-order valence-corrected chi connectivity index (χ4v) is 3.17. The van der Waals surface area contributed by atoms with Crippen LogP contribution >= 0.6 is 0 Å². The lowest BCUT2D eigenvalue weighted by atomic mass is 9.87. The van der Waals surface area contributed by atoms with Crippen LogP contribution in [0.1, 0.15) is 32.4 Å². The molecule has 2 aromatic rings. The first-order chi connectivity index (χ1) is 11.8. The normalized spacial score (nSPS) is 15.8. The fourth-order valence-electron chi connectivity index (χ4n) is 3.17. The molecule has 1 aliphatic rings. The van der Waals surface area contributed by atoms with Gasteiger partial charge in [0.1, 0.15) is 6.04 Å². The second-order valence-corrected chi connectivity index (χ2v) is 7.09. The summed E-state index contributed by atoms with van der Waals surface area (Å²) in [7, 11) is 1.32. The van der Waals surface area contributed by atoms with E-state index in [0.717, 1.165) is 16.7 Å². The number of methoxy groups -OCH3 is 1. The highest BCUT2D eigenvalue weighted by atomic mass is 16.5. The minimum absolute atomic E-state index is 0.236. The molecule has 0 radical (unpaired) electrons. The Morgan fingerprint density at radius 1 is 1.00 bits per heavy atom. The molecular weight excluding hydrogens is 316 g/mol. The molecule has 1 unspecified atom stereocenters. The molecular formula is C20H22N2O3. The first-order valence-electron chi connectivity index (χ1n) is 8.21. The minimum Gasteiger partial charge on any atom is -0.452 e. The van der Waals surface area contributed by atoms with E-state index >= 15 is 0 Å². The van der Waals surface area contributed by atoms with Crippen molar-refractivity contribution in [3.05, 3.63) is 54.1 Å². The Morgan fingerprint density at radius 2 is 1.60 bits per heavy atom. The maximum absolute atomic E-state index is 13.1. The first kappa shape index (κ1) is 17.0. The zero-order chi connectivity index (χ0) is 18.2. The summed E-state index contributed by atoms with van der Waals surface area (Å²) in [6.45, 7) is 5.74. The molecule has 0 aromatic heterocycles. The molecule has 0 bridgehead atoms. The number of ether oxygens (including phenoxy) is 1. The predicted octanol–water partition coefficient (Wildman–Crippen LogP) is 3.90. The number of para-hydroxylation sites is 1. The van der Waals surface area contributed by atoms with Crippen LogP contribution in [0.5, 0.6) is 0 Å². The van der Waals surface area contributed by atoms with E-state index in [1.54, 1.807) is 0 Å². The predicted molar refractivity (Wildman–Crippen MR) is 97.4 cm³/mol. The molecule has 25 heavy (non-hydrogen) atoms. The van der Waals surface area contributed by atoms with Gasteiger partial charge in [0.2, 0.25) is 5.91 Å². The number of benzene rings is 2. The molecule has 3 rings (SSSR count). The van der Waals surface area contributed by atoms with Gasteiger partial charge in [-0.1, -0.05) is 42.5 Å². The minimum atomic E-state index is -0.780. The Morgan fingerprint density at radius 3 is 2.24 bits per heavy atom. The van der Waals surface area contributed by atoms with Gasteiger partial charge in [-0.3, -0.25) is 9.69 Å². The third-order valence-corrected chi connectivity index (χ3v) is 4.09. The van der Waals surface area contributed by atoms with E-state index in [2.05, 4.69) is 5.32 Å². The second-order valence-electron chi connectivity index (χ2n) is 7.09. The van der Waals surface area contributed by atoms with Gasteiger partial charge in [0.05, 0.1) is 12.8 Å². The molecule has 2 amide bonds. The van der Waals surface area contributed by atoms with Crippen molar-refractivity contribution in [3.8, 4) is 11.1 Å². The standard InChI is InChI=1S/C20H22N2O3/c1-20(2,3)21-18(23)17-15-11-6-5-9-13(15)14-10-7-8-12-16(14)22(17)19(24)25-4/h5-12,17H,1-4H3,(H,21,23). The Labute approximate surface area is 147 Å². The van der Waals surface area contributed by atoms with Gasteiger partial charge < -0.3 is 10.1 Å². The van der Waals surface area contributed by atoms with Crippen molar-refractivity contribution in [1.82, 2.24) is 5.32 Å². The molecule has 1 aliphatic heterocycles. The van der Waals surface area contributed by atoms with Gasteiger partial charge in [-0.2, -0.15) is 0 Å². The van der Waals surface area contributed by atoms with Crippen LogP contribution in [0.4, 0.5) is 10.5 Å². The molecule has 0 saturated carbocycles. The lowest BCUT2D eigenvalue weighted by Gasteiger charge is -2.38. The zero-order valence-electron chi connectivity index (χ0n) is 14.9. The number of amides is 2. The van der Waals surface area contributed by atoms with E-state index in [0.29, 0.717) is 5.69 Å². The van der Waals surface area contributed by atoms with E-state index in [9.17, 15) is 9.59 Å². The van der Waals surface area contributed by atoms with Crippen LogP contribution in [0.2, 0.25) is 0 Å². The number of carbonyl (C=O) groups is 2. The molecule has 2 aromatic carbocycles. The summed E-state index contributed by atoms with van der Waals surface area (Å²) in [4.78, 5) is 27.0. The van der Waals surface area contributed by atoms with Gasteiger partial charge in [0, 0.05) is 11.1 Å². The van der Waals surface area contributed by atoms with Crippen molar-refractivity contribution in [1.29, 1.82) is 0 Å². The number of carbonyl (C=O) groups excluding carboxylic acids is 2. The van der Waals surface area contributed by atoms with Gasteiger partial charge in [-0.15, -0.1) is 0 Å². The highest BCUT2D eigenvalue weighted by molar-refractivity contribution is 6.05. The maximum atomic E-state index is 13.1. The molecule has 130 valence electrons. The Balaban J connectivity index is 2.21. The molecule has 5 heteroatoms. The lowest BCUT2D eigenvalue weighted by Crippen LogP contribution is -2.50. The van der Waals surface area contributed by atoms with Crippen molar-refractivity contribution in [3.63, 3.8) is 0 Å². The first-order valence-corrected chi connectivity index (χ1v) is 8.21. The van der Waals surface area contributed by atoms with Crippen LogP contribution in [0.25, 0.3) is 11.1 Å². The second kappa shape index (κ2) is 6.24. The summed E-state index contributed by atoms with van der Waals surface area (Å²) in [6.07, 6.45) is -0.559. The Bertz CT molecular complexity index is 824. The number of nitrogens with zero attached hydrogens (tertiary/aromatic N) is 1. The van der Waals surface area contributed by atoms with Gasteiger partial charge in [0.25, 0.3) is 0 Å². The van der Waals surface area contributed by atoms with E-state index in [1.165, 1.54) is 12.0 Å². The molecule has 0 spiro atoms. The summed E-state index contributed by atoms with van der Waals surface area (Å²) in [5.41, 5.74) is 2.90. The van der Waals surface area contributed by atoms with Crippen molar-refractivity contribution in [2.24, 2.45) is 0 Å². The molecule has 5 nitrogen and oxygen atoms in total. The number of fused-ring (bicyclic) bond motifs is 3. The molecule has 0 fully saturated rings. The zero-order valence-corrected chi connectivity index (χ0v) is 14.9. The van der Waals surface area contributed by atoms with Gasteiger partial charge >= 0.3 is 6.09 Å². The highest BCUT2D eigenvalue weighted by Gasteiger charge is 2.40. The number of hydrogen-bond acceptors (Lipinski definition) is 3. The quantitative estimate of drug-likeness (QED) is 0.858. The highest BCUT2D eigenvalue weighted by Crippen LogP contribution is 2.45. The van der Waals surface area contributed by atoms with Crippen LogP contribution in [0.3, 0.4) is 0 Å². The van der Waals surface area contributed by atoms with Crippen LogP contribution in [0, 0.1) is 0 Å². The van der Waals surface area contributed by atoms with Gasteiger partial charge in [-0.25, -0.2) is 4.79 Å². The largest absolute Gasteiger partial charge is 0.452 e.